The number of carbonyl (C=O) groups excluding carboxylic acids is 1. The molecule has 1 unspecified atom stereocenters. The highest BCUT2D eigenvalue weighted by molar-refractivity contribution is 5.96. The Kier molecular flexibility index (Phi) is 8.30. The van der Waals surface area contributed by atoms with E-state index in [1.54, 1.807) is 0 Å². The number of anilines is 2. The van der Waals surface area contributed by atoms with Gasteiger partial charge in [0.2, 0.25) is 5.95 Å². The number of nitrogens with zero attached hydrogens (tertiary/aromatic N) is 1. The summed E-state index contributed by atoms with van der Waals surface area (Å²) in [5, 5.41) is 30.5. The smallest absolute Gasteiger partial charge is 0.326 e. The standard InChI is InChI=1S/C20H25N5O7/c21-16-12(18(30)25-20(22)24-16)2-1-3-14(26)10-4-6-11(7-5-10)17(29)23-13(19(31)32)8-9-15(27)28/h4-7,13-14,26H,1-3,8-9H2,(H,23,29)(H,27,28)(H,31,32)(H5,21,22,24,25,30)/t13?,14-/m1/s1. The van der Waals surface area contributed by atoms with Crippen molar-refractivity contribution >= 4 is 29.6 Å². The fourth-order valence-electron chi connectivity index (χ4n) is 3.04. The van der Waals surface area contributed by atoms with Gasteiger partial charge in [0.25, 0.3) is 11.5 Å². The van der Waals surface area contributed by atoms with Crippen molar-refractivity contribution in [2.75, 3.05) is 11.5 Å². The van der Waals surface area contributed by atoms with Gasteiger partial charge in [0.05, 0.1) is 11.7 Å². The van der Waals surface area contributed by atoms with Crippen molar-refractivity contribution in [2.45, 2.75) is 44.2 Å². The second-order valence-corrected chi connectivity index (χ2v) is 7.14. The van der Waals surface area contributed by atoms with Crippen molar-refractivity contribution in [3.05, 3.63) is 51.3 Å². The van der Waals surface area contributed by atoms with Gasteiger partial charge in [-0.25, -0.2) is 4.79 Å². The van der Waals surface area contributed by atoms with Crippen LogP contribution in [0.3, 0.4) is 0 Å². The van der Waals surface area contributed by atoms with E-state index < -0.39 is 42.0 Å². The molecule has 1 aromatic carbocycles. The van der Waals surface area contributed by atoms with Crippen LogP contribution in [-0.4, -0.2) is 49.2 Å². The number of nitrogens with two attached hydrogens (primary N) is 2. The second-order valence-electron chi connectivity index (χ2n) is 7.14. The van der Waals surface area contributed by atoms with Crippen molar-refractivity contribution < 1.29 is 29.7 Å². The molecule has 0 spiro atoms. The lowest BCUT2D eigenvalue weighted by atomic mass is 10.0. The Morgan fingerprint density at radius 3 is 2.31 bits per heavy atom. The number of aromatic nitrogens is 2. The number of amides is 1. The lowest BCUT2D eigenvalue weighted by Gasteiger charge is -2.15. The number of nitrogens with one attached hydrogen (secondary N) is 2. The zero-order valence-corrected chi connectivity index (χ0v) is 17.1. The number of carboxylic acids is 2. The molecule has 0 aliphatic rings. The van der Waals surface area contributed by atoms with E-state index in [-0.39, 0.29) is 29.3 Å². The molecular formula is C20H25N5O7. The Morgan fingerprint density at radius 2 is 1.75 bits per heavy atom. The third kappa shape index (κ3) is 6.80. The van der Waals surface area contributed by atoms with E-state index in [0.29, 0.717) is 24.8 Å². The number of H-pyrrole nitrogens is 1. The highest BCUT2D eigenvalue weighted by atomic mass is 16.4. The minimum atomic E-state index is -1.33. The second kappa shape index (κ2) is 10.9. The van der Waals surface area contributed by atoms with E-state index in [4.69, 9.17) is 21.7 Å². The van der Waals surface area contributed by atoms with Crippen LogP contribution >= 0.6 is 0 Å². The van der Waals surface area contributed by atoms with Gasteiger partial charge in [0.15, 0.2) is 0 Å². The van der Waals surface area contributed by atoms with Crippen molar-refractivity contribution in [3.8, 4) is 0 Å². The Morgan fingerprint density at radius 1 is 1.09 bits per heavy atom. The normalized spacial score (nSPS) is 12.7. The molecule has 32 heavy (non-hydrogen) atoms. The first-order valence-electron chi connectivity index (χ1n) is 9.76. The van der Waals surface area contributed by atoms with E-state index >= 15 is 0 Å². The Hall–Kier alpha value is -3.93. The van der Waals surface area contributed by atoms with Crippen molar-refractivity contribution in [3.63, 3.8) is 0 Å². The SMILES string of the molecule is Nc1nc(N)c(CCC[C@@H](O)c2ccc(C(=O)NC(CCC(=O)O)C(=O)O)cc2)c(=O)[nH]1. The molecule has 0 aliphatic carbocycles. The summed E-state index contributed by atoms with van der Waals surface area (Å²) in [6, 6.07) is 4.58. The molecule has 2 atom stereocenters. The molecule has 0 saturated carbocycles. The fourth-order valence-corrected chi connectivity index (χ4v) is 3.04. The first kappa shape index (κ1) is 24.3. The third-order valence-electron chi connectivity index (χ3n) is 4.78. The number of rotatable bonds is 11. The predicted octanol–water partition coefficient (Wildman–Crippen LogP) is 0.0384. The molecule has 2 aromatic rings. The molecule has 0 bridgehead atoms. The van der Waals surface area contributed by atoms with Crippen LogP contribution in [-0.2, 0) is 16.0 Å². The minimum Gasteiger partial charge on any atom is -0.481 e. The largest absolute Gasteiger partial charge is 0.481 e. The predicted molar refractivity (Wildman–Crippen MR) is 114 cm³/mol. The van der Waals surface area contributed by atoms with E-state index in [2.05, 4.69) is 15.3 Å². The van der Waals surface area contributed by atoms with Crippen molar-refractivity contribution in [2.24, 2.45) is 0 Å². The molecule has 1 heterocycles. The molecule has 0 aliphatic heterocycles. The monoisotopic (exact) mass is 447 g/mol. The van der Waals surface area contributed by atoms with Crippen LogP contribution in [0.1, 0.15) is 53.3 Å². The van der Waals surface area contributed by atoms with Gasteiger partial charge in [-0.1, -0.05) is 12.1 Å². The number of hydrogen-bond donors (Lipinski definition) is 7. The quantitative estimate of drug-likeness (QED) is 0.245. The molecule has 12 heteroatoms. The summed E-state index contributed by atoms with van der Waals surface area (Å²) in [5.74, 6) is -3.20. The van der Waals surface area contributed by atoms with Gasteiger partial charge in [0, 0.05) is 12.0 Å². The van der Waals surface area contributed by atoms with E-state index in [0.717, 1.165) is 0 Å². The van der Waals surface area contributed by atoms with Crippen LogP contribution in [0.25, 0.3) is 0 Å². The summed E-state index contributed by atoms with van der Waals surface area (Å²) < 4.78 is 0. The van der Waals surface area contributed by atoms with Crippen LogP contribution in [0.2, 0.25) is 0 Å². The molecule has 1 aromatic heterocycles. The lowest BCUT2D eigenvalue weighted by molar-refractivity contribution is -0.140. The molecule has 9 N–H and O–H groups in total. The van der Waals surface area contributed by atoms with Crippen molar-refractivity contribution in [1.82, 2.24) is 15.3 Å². The number of aliphatic hydroxyl groups is 1. The molecular weight excluding hydrogens is 422 g/mol. The van der Waals surface area contributed by atoms with Gasteiger partial charge >= 0.3 is 11.9 Å². The number of carboxylic acid groups (broad SMARTS) is 2. The third-order valence-corrected chi connectivity index (χ3v) is 4.78. The average molecular weight is 447 g/mol. The van der Waals surface area contributed by atoms with Gasteiger partial charge in [-0.3, -0.25) is 19.4 Å². The summed E-state index contributed by atoms with van der Waals surface area (Å²) in [7, 11) is 0. The van der Waals surface area contributed by atoms with E-state index in [9.17, 15) is 24.3 Å². The zero-order chi connectivity index (χ0) is 23.8. The average Bonchev–Trinajstić information content (AvgIpc) is 2.72. The number of nitrogen functional groups attached to an aromatic ring is 2. The summed E-state index contributed by atoms with van der Waals surface area (Å²) in [6.07, 6.45) is -0.469. The maximum absolute atomic E-state index is 12.3. The summed E-state index contributed by atoms with van der Waals surface area (Å²) in [6.45, 7) is 0. The van der Waals surface area contributed by atoms with Crippen molar-refractivity contribution in [1.29, 1.82) is 0 Å². The maximum Gasteiger partial charge on any atom is 0.326 e. The zero-order valence-electron chi connectivity index (χ0n) is 17.1. The van der Waals surface area contributed by atoms with Gasteiger partial charge in [-0.05, 0) is 43.4 Å². The molecule has 0 fully saturated rings. The minimum absolute atomic E-state index is 0.0409. The number of aliphatic hydroxyl groups excluding tert-OH is 1. The molecule has 0 saturated heterocycles. The highest BCUT2D eigenvalue weighted by Gasteiger charge is 2.22. The molecule has 12 nitrogen and oxygen atoms in total. The van der Waals surface area contributed by atoms with Crippen LogP contribution < -0.4 is 22.3 Å². The maximum atomic E-state index is 12.3. The number of carbonyl (C=O) groups is 3. The van der Waals surface area contributed by atoms with E-state index in [1.165, 1.54) is 24.3 Å². The van der Waals surface area contributed by atoms with Crippen LogP contribution in [0.4, 0.5) is 11.8 Å². The van der Waals surface area contributed by atoms with Crippen LogP contribution in [0, 0.1) is 0 Å². The van der Waals surface area contributed by atoms with Gasteiger partial charge in [-0.15, -0.1) is 0 Å². The lowest BCUT2D eigenvalue weighted by Crippen LogP contribution is -2.41. The summed E-state index contributed by atoms with van der Waals surface area (Å²) in [5.41, 5.74) is 11.7. The number of aliphatic carboxylic acids is 2. The fraction of sp³-hybridized carbons (Fsp3) is 0.350. The molecule has 0 radical (unpaired) electrons. The number of aromatic amines is 1. The Labute approximate surface area is 182 Å². The highest BCUT2D eigenvalue weighted by Crippen LogP contribution is 2.20. The Balaban J connectivity index is 1.93. The topological polar surface area (TPSA) is 222 Å². The summed E-state index contributed by atoms with van der Waals surface area (Å²) >= 11 is 0. The van der Waals surface area contributed by atoms with Crippen LogP contribution in [0.5, 0.6) is 0 Å². The summed E-state index contributed by atoms with van der Waals surface area (Å²) in [4.78, 5) is 52.1. The van der Waals surface area contributed by atoms with Crippen LogP contribution in [0.15, 0.2) is 29.1 Å². The first-order chi connectivity index (χ1) is 15.1. The molecule has 2 rings (SSSR count). The molecule has 1 amide bonds. The molecule has 172 valence electrons. The number of hydrogen-bond acceptors (Lipinski definition) is 8. The van der Waals surface area contributed by atoms with E-state index in [1.807, 2.05) is 0 Å². The Bertz CT molecular complexity index is 1040. The van der Waals surface area contributed by atoms with Gasteiger partial charge in [0.1, 0.15) is 11.9 Å². The first-order valence-corrected chi connectivity index (χ1v) is 9.76. The van der Waals surface area contributed by atoms with Gasteiger partial charge < -0.3 is 32.1 Å². The van der Waals surface area contributed by atoms with Gasteiger partial charge in [-0.2, -0.15) is 4.98 Å². The number of benzene rings is 1.